The van der Waals surface area contributed by atoms with Gasteiger partial charge < -0.3 is 5.32 Å². The minimum atomic E-state index is -0.852. The number of nitrogens with one attached hydrogen (secondary N) is 1. The number of carbonyl (C=O) groups is 2. The number of nitrogens with zero attached hydrogens (tertiary/aromatic N) is 2. The second-order valence-corrected chi connectivity index (χ2v) is 6.11. The monoisotopic (exact) mass is 325 g/mol. The molecule has 1 aromatic rings. The number of hydrogen-bond donors (Lipinski definition) is 1. The number of pyridine rings is 1. The van der Waals surface area contributed by atoms with Gasteiger partial charge in [0.15, 0.2) is 0 Å². The smallest absolute Gasteiger partial charge is 0.323 e. The molecule has 0 aliphatic carbocycles. The molecule has 1 saturated heterocycles. The van der Waals surface area contributed by atoms with Crippen molar-refractivity contribution in [1.29, 1.82) is 0 Å². The third-order valence-electron chi connectivity index (χ3n) is 3.82. The Hall–Kier alpha value is -1.62. The van der Waals surface area contributed by atoms with Gasteiger partial charge >= 0.3 is 6.03 Å². The van der Waals surface area contributed by atoms with Gasteiger partial charge in [-0.1, -0.05) is 38.8 Å². The molecule has 0 spiro atoms. The highest BCUT2D eigenvalue weighted by molar-refractivity contribution is 6.31. The number of anilines is 1. The Labute approximate surface area is 137 Å². The summed E-state index contributed by atoms with van der Waals surface area (Å²) in [5.41, 5.74) is 0.447. The van der Waals surface area contributed by atoms with Crippen molar-refractivity contribution < 1.29 is 9.59 Å². The molecule has 0 radical (unpaired) electrons. The van der Waals surface area contributed by atoms with Crippen molar-refractivity contribution in [1.82, 2.24) is 10.3 Å². The van der Waals surface area contributed by atoms with E-state index in [-0.39, 0.29) is 13.3 Å². The lowest BCUT2D eigenvalue weighted by Crippen LogP contribution is -2.43. The molecule has 1 atom stereocenters. The fourth-order valence-electron chi connectivity index (χ4n) is 2.46. The maximum absolute atomic E-state index is 12.7. The van der Waals surface area contributed by atoms with Gasteiger partial charge in [-0.15, -0.1) is 0 Å². The van der Waals surface area contributed by atoms with Crippen LogP contribution in [-0.4, -0.2) is 22.5 Å². The van der Waals surface area contributed by atoms with Crippen molar-refractivity contribution in [2.45, 2.75) is 59.9 Å². The molecule has 1 fully saturated rings. The first kappa shape index (κ1) is 18.4. The van der Waals surface area contributed by atoms with Crippen LogP contribution in [0.3, 0.4) is 0 Å². The molecule has 2 rings (SSSR count). The SMILES string of the molecule is C.CCCCC1(C)NC(=O)N(c2nc(C)c(Cl)cc2C)C1=O. The summed E-state index contributed by atoms with van der Waals surface area (Å²) in [5, 5.41) is 3.31. The predicted octanol–water partition coefficient (Wildman–Crippen LogP) is 3.99. The Bertz CT molecular complexity index is 603. The van der Waals surface area contributed by atoms with Crippen molar-refractivity contribution in [2.75, 3.05) is 4.90 Å². The van der Waals surface area contributed by atoms with Gasteiger partial charge in [0.1, 0.15) is 11.4 Å². The number of imide groups is 1. The van der Waals surface area contributed by atoms with E-state index in [9.17, 15) is 9.59 Å². The molecule has 1 aliphatic heterocycles. The molecule has 0 saturated carbocycles. The van der Waals surface area contributed by atoms with Gasteiger partial charge in [0.2, 0.25) is 0 Å². The van der Waals surface area contributed by atoms with Crippen molar-refractivity contribution in [3.8, 4) is 0 Å². The van der Waals surface area contributed by atoms with Crippen molar-refractivity contribution in [3.63, 3.8) is 0 Å². The summed E-state index contributed by atoms with van der Waals surface area (Å²) >= 11 is 6.02. The maximum atomic E-state index is 12.7. The molecule has 2 heterocycles. The molecular weight excluding hydrogens is 302 g/mol. The lowest BCUT2D eigenvalue weighted by molar-refractivity contribution is -0.121. The van der Waals surface area contributed by atoms with Crippen LogP contribution >= 0.6 is 11.6 Å². The molecule has 1 N–H and O–H groups in total. The summed E-state index contributed by atoms with van der Waals surface area (Å²) in [4.78, 5) is 30.3. The van der Waals surface area contributed by atoms with Crippen molar-refractivity contribution in [3.05, 3.63) is 22.3 Å². The van der Waals surface area contributed by atoms with Gasteiger partial charge in [0.05, 0.1) is 10.7 Å². The highest BCUT2D eigenvalue weighted by Crippen LogP contribution is 2.30. The normalized spacial score (nSPS) is 20.9. The second kappa shape index (κ2) is 6.65. The van der Waals surface area contributed by atoms with E-state index in [1.54, 1.807) is 26.8 Å². The number of rotatable bonds is 4. The van der Waals surface area contributed by atoms with Crippen LogP contribution in [0.5, 0.6) is 0 Å². The van der Waals surface area contributed by atoms with Crippen molar-refractivity contribution >= 4 is 29.4 Å². The first-order valence-corrected chi connectivity index (χ1v) is 7.48. The summed E-state index contributed by atoms with van der Waals surface area (Å²) in [5.74, 6) is 0.109. The Morgan fingerprint density at radius 1 is 1.36 bits per heavy atom. The van der Waals surface area contributed by atoms with Crippen molar-refractivity contribution in [2.24, 2.45) is 0 Å². The fourth-order valence-corrected chi connectivity index (χ4v) is 2.67. The molecule has 3 amide bonds. The molecule has 5 nitrogen and oxygen atoms in total. The minimum absolute atomic E-state index is 0. The standard InChI is InChI=1S/C15H20ClN3O2.CH4/c1-5-6-7-15(4)13(20)19(14(21)18-15)12-9(2)8-11(16)10(3)17-12;/h8H,5-7H2,1-4H3,(H,18,21);1H4. The average molecular weight is 326 g/mol. The van der Waals surface area contributed by atoms with Crippen LogP contribution in [0.25, 0.3) is 0 Å². The van der Waals surface area contributed by atoms with E-state index < -0.39 is 11.6 Å². The zero-order chi connectivity index (χ0) is 15.8. The Kier molecular flexibility index (Phi) is 5.57. The van der Waals surface area contributed by atoms with Gasteiger partial charge in [0.25, 0.3) is 5.91 Å². The molecular formula is C16H24ClN3O2. The summed E-state index contributed by atoms with van der Waals surface area (Å²) < 4.78 is 0. The lowest BCUT2D eigenvalue weighted by Gasteiger charge is -2.21. The lowest BCUT2D eigenvalue weighted by atomic mass is 9.95. The second-order valence-electron chi connectivity index (χ2n) is 5.70. The van der Waals surface area contributed by atoms with Crippen LogP contribution in [0.2, 0.25) is 5.02 Å². The number of halogens is 1. The van der Waals surface area contributed by atoms with E-state index >= 15 is 0 Å². The largest absolute Gasteiger partial charge is 0.330 e. The summed E-state index contributed by atoms with van der Waals surface area (Å²) in [6, 6.07) is 1.30. The number of aryl methyl sites for hydroxylation is 2. The van der Waals surface area contributed by atoms with Crippen LogP contribution in [0.15, 0.2) is 6.07 Å². The summed E-state index contributed by atoms with van der Waals surface area (Å²) in [6.07, 6.45) is 2.47. The zero-order valence-electron chi connectivity index (χ0n) is 12.8. The van der Waals surface area contributed by atoms with E-state index in [1.165, 1.54) is 0 Å². The van der Waals surface area contributed by atoms with Crippen LogP contribution in [-0.2, 0) is 4.79 Å². The molecule has 22 heavy (non-hydrogen) atoms. The van der Waals surface area contributed by atoms with Gasteiger partial charge in [0, 0.05) is 0 Å². The Morgan fingerprint density at radius 3 is 2.59 bits per heavy atom. The van der Waals surface area contributed by atoms with E-state index in [1.807, 2.05) is 0 Å². The number of hydrogen-bond acceptors (Lipinski definition) is 3. The Morgan fingerprint density at radius 2 is 2.00 bits per heavy atom. The summed E-state index contributed by atoms with van der Waals surface area (Å²) in [6.45, 7) is 7.35. The molecule has 1 aromatic heterocycles. The van der Waals surface area contributed by atoms with Gasteiger partial charge in [-0.05, 0) is 38.8 Å². The fraction of sp³-hybridized carbons (Fsp3) is 0.562. The number of amides is 3. The molecule has 6 heteroatoms. The third kappa shape index (κ3) is 3.09. The Balaban J connectivity index is 0.00000242. The zero-order valence-corrected chi connectivity index (χ0v) is 13.5. The minimum Gasteiger partial charge on any atom is -0.323 e. The first-order valence-electron chi connectivity index (χ1n) is 7.10. The predicted molar refractivity (Wildman–Crippen MR) is 89.4 cm³/mol. The van der Waals surface area contributed by atoms with Crippen LogP contribution in [0, 0.1) is 13.8 Å². The van der Waals surface area contributed by atoms with E-state index in [0.717, 1.165) is 17.7 Å². The van der Waals surface area contributed by atoms with E-state index in [0.29, 0.717) is 28.5 Å². The number of unbranched alkanes of at least 4 members (excludes halogenated alkanes) is 1. The number of carbonyl (C=O) groups excluding carboxylic acids is 2. The highest BCUT2D eigenvalue weighted by atomic mass is 35.5. The van der Waals surface area contributed by atoms with E-state index in [4.69, 9.17) is 11.6 Å². The molecule has 122 valence electrons. The van der Waals surface area contributed by atoms with E-state index in [2.05, 4.69) is 17.2 Å². The van der Waals surface area contributed by atoms with Gasteiger partial charge in [-0.25, -0.2) is 14.7 Å². The number of aromatic nitrogens is 1. The molecule has 1 unspecified atom stereocenters. The molecule has 0 bridgehead atoms. The van der Waals surface area contributed by atoms with Crippen LogP contribution < -0.4 is 10.2 Å². The quantitative estimate of drug-likeness (QED) is 0.851. The molecule has 0 aromatic carbocycles. The van der Waals surface area contributed by atoms with Crippen LogP contribution in [0.1, 0.15) is 51.8 Å². The van der Waals surface area contributed by atoms with Crippen LogP contribution in [0.4, 0.5) is 10.6 Å². The third-order valence-corrected chi connectivity index (χ3v) is 4.20. The van der Waals surface area contributed by atoms with Gasteiger partial charge in [-0.2, -0.15) is 0 Å². The highest BCUT2D eigenvalue weighted by Gasteiger charge is 2.48. The first-order chi connectivity index (χ1) is 9.80. The maximum Gasteiger partial charge on any atom is 0.330 e. The topological polar surface area (TPSA) is 62.3 Å². The number of urea groups is 1. The average Bonchev–Trinajstić information content (AvgIpc) is 2.63. The molecule has 1 aliphatic rings. The van der Waals surface area contributed by atoms with Gasteiger partial charge in [-0.3, -0.25) is 4.79 Å². The summed E-state index contributed by atoms with van der Waals surface area (Å²) in [7, 11) is 0.